The molecule has 1 aromatic heterocycles. The van der Waals surface area contributed by atoms with Crippen molar-refractivity contribution in [1.82, 2.24) is 3.96 Å². The number of rotatable bonds is 6. The second-order valence-electron chi connectivity index (χ2n) is 6.55. The number of aromatic hydroxyl groups is 1. The number of aliphatic hydroxyl groups excluding tert-OH is 1. The third-order valence-corrected chi connectivity index (χ3v) is 9.08. The standard InChI is InChI=1S/C20H18N2O4S.Sn/c23-12-5-1-4-11-22-20(26)15-8-6-7-14(19(15)27-22)17(13-24)21-16-9-2-3-10-18(16)25;/h2-3,6-8,10,23,25H,1,4-5,11-12H2;. The van der Waals surface area contributed by atoms with Gasteiger partial charge in [0.1, 0.15) is 0 Å². The van der Waals surface area contributed by atoms with Gasteiger partial charge in [0.05, 0.1) is 0 Å². The van der Waals surface area contributed by atoms with Crippen LogP contribution in [0.1, 0.15) is 24.8 Å². The average molecular weight is 501 g/mol. The molecule has 28 heavy (non-hydrogen) atoms. The molecule has 142 valence electrons. The van der Waals surface area contributed by atoms with E-state index in [0.29, 0.717) is 28.9 Å². The van der Waals surface area contributed by atoms with Gasteiger partial charge >= 0.3 is 176 Å². The number of carbonyl (C=O) groups excluding carboxylic acids is 1. The monoisotopic (exact) mass is 502 g/mol. The van der Waals surface area contributed by atoms with Crippen molar-refractivity contribution < 1.29 is 15.0 Å². The summed E-state index contributed by atoms with van der Waals surface area (Å²) in [6.45, 7) is 0.755. The number of fused-ring (bicyclic) bond motifs is 2. The fourth-order valence-corrected chi connectivity index (χ4v) is 7.34. The Morgan fingerprint density at radius 1 is 1.07 bits per heavy atom. The fourth-order valence-electron chi connectivity index (χ4n) is 3.24. The minimum atomic E-state index is -1.57. The number of aliphatic hydroxyl groups is 1. The van der Waals surface area contributed by atoms with Crippen LogP contribution in [0.3, 0.4) is 0 Å². The molecule has 8 heteroatoms. The van der Waals surface area contributed by atoms with Gasteiger partial charge in [0.2, 0.25) is 0 Å². The van der Waals surface area contributed by atoms with Crippen LogP contribution < -0.4 is 9.14 Å². The molecular formula is C20H18N2O4SSn. The maximum absolute atomic E-state index is 12.8. The Kier molecular flexibility index (Phi) is 5.65. The molecule has 2 radical (unpaired) electrons. The van der Waals surface area contributed by atoms with Gasteiger partial charge in [-0.2, -0.15) is 0 Å². The van der Waals surface area contributed by atoms with Gasteiger partial charge in [-0.05, 0) is 0 Å². The Hall–Kier alpha value is -1.97. The van der Waals surface area contributed by atoms with Crippen LogP contribution >= 0.6 is 11.5 Å². The van der Waals surface area contributed by atoms with E-state index in [0.717, 1.165) is 27.5 Å². The van der Waals surface area contributed by atoms with E-state index >= 15 is 0 Å². The minimum absolute atomic E-state index is 0.0459. The molecule has 6 nitrogen and oxygen atoms in total. The molecule has 0 unspecified atom stereocenters. The number of para-hydroxylation sites is 1. The van der Waals surface area contributed by atoms with Crippen LogP contribution in [-0.2, 0) is 11.3 Å². The molecule has 2 N–H and O–H groups in total. The Labute approximate surface area is 175 Å². The molecule has 1 aliphatic heterocycles. The summed E-state index contributed by atoms with van der Waals surface area (Å²) in [4.78, 5) is 30.0. The van der Waals surface area contributed by atoms with Crippen LogP contribution in [0, 0.1) is 0 Å². The number of carbonyl (C=O) groups is 1. The number of aliphatic imine (C=N–C) groups is 1. The number of benzene rings is 2. The number of unbranched alkanes of at least 4 members (excludes halogenated alkanes) is 2. The summed E-state index contributed by atoms with van der Waals surface area (Å²) in [5, 5.41) is 19.6. The van der Waals surface area contributed by atoms with Crippen LogP contribution in [0.4, 0.5) is 5.69 Å². The summed E-state index contributed by atoms with van der Waals surface area (Å²) < 4.78 is 3.40. The van der Waals surface area contributed by atoms with E-state index in [2.05, 4.69) is 4.99 Å². The zero-order valence-electron chi connectivity index (χ0n) is 15.0. The first kappa shape index (κ1) is 19.3. The summed E-state index contributed by atoms with van der Waals surface area (Å²) in [5.74, 6) is 0.0882. The number of phenols is 1. The number of hydrogen-bond acceptors (Lipinski definition) is 6. The number of phenolic OH excluding ortho intramolecular Hbond substituents is 1. The van der Waals surface area contributed by atoms with Crippen molar-refractivity contribution in [3.63, 3.8) is 0 Å². The molecule has 0 spiro atoms. The average Bonchev–Trinajstić information content (AvgIpc) is 3.01. The van der Waals surface area contributed by atoms with Crippen molar-refractivity contribution in [3.05, 3.63) is 52.3 Å². The van der Waals surface area contributed by atoms with Gasteiger partial charge in [-0.15, -0.1) is 0 Å². The Morgan fingerprint density at radius 2 is 1.89 bits per heavy atom. The van der Waals surface area contributed by atoms with Crippen molar-refractivity contribution in [2.75, 3.05) is 6.61 Å². The van der Waals surface area contributed by atoms with E-state index in [9.17, 15) is 14.7 Å². The molecular weight excluding hydrogens is 483 g/mol. The van der Waals surface area contributed by atoms with E-state index < -0.39 is 21.1 Å². The zero-order valence-corrected chi connectivity index (χ0v) is 18.7. The first-order chi connectivity index (χ1) is 13.6. The van der Waals surface area contributed by atoms with E-state index in [1.165, 1.54) is 11.5 Å². The number of nitrogens with zero attached hydrogens (tertiary/aromatic N) is 2. The van der Waals surface area contributed by atoms with Crippen molar-refractivity contribution in [3.8, 4) is 5.75 Å². The molecule has 2 aromatic carbocycles. The van der Waals surface area contributed by atoms with Gasteiger partial charge in [0.15, 0.2) is 0 Å². The van der Waals surface area contributed by atoms with Crippen LogP contribution in [0.2, 0.25) is 0 Å². The third-order valence-electron chi connectivity index (χ3n) is 4.65. The predicted molar refractivity (Wildman–Crippen MR) is 112 cm³/mol. The molecule has 3 aromatic rings. The number of aryl methyl sites for hydroxylation is 1. The van der Waals surface area contributed by atoms with Crippen LogP contribution in [0.15, 0.2) is 46.2 Å². The van der Waals surface area contributed by atoms with Crippen LogP contribution in [0.5, 0.6) is 5.75 Å². The van der Waals surface area contributed by atoms with Gasteiger partial charge in [-0.25, -0.2) is 0 Å². The van der Waals surface area contributed by atoms with E-state index in [1.54, 1.807) is 28.2 Å². The van der Waals surface area contributed by atoms with Gasteiger partial charge in [0, 0.05) is 0 Å². The van der Waals surface area contributed by atoms with Crippen LogP contribution in [0.25, 0.3) is 10.1 Å². The van der Waals surface area contributed by atoms with Gasteiger partial charge < -0.3 is 0 Å². The van der Waals surface area contributed by atoms with E-state index in [1.807, 2.05) is 12.1 Å². The Bertz CT molecular complexity index is 1150. The first-order valence-electron chi connectivity index (χ1n) is 9.06. The van der Waals surface area contributed by atoms with Crippen molar-refractivity contribution in [2.24, 2.45) is 4.99 Å². The van der Waals surface area contributed by atoms with Crippen molar-refractivity contribution in [1.29, 1.82) is 0 Å². The topological polar surface area (TPSA) is 91.9 Å². The van der Waals surface area contributed by atoms with Crippen molar-refractivity contribution >= 4 is 61.5 Å². The van der Waals surface area contributed by atoms with Crippen molar-refractivity contribution in [2.45, 2.75) is 25.8 Å². The Balaban J connectivity index is 1.78. The molecule has 0 atom stereocenters. The number of aromatic nitrogens is 1. The van der Waals surface area contributed by atoms with E-state index in [4.69, 9.17) is 5.11 Å². The maximum atomic E-state index is 12.8. The quantitative estimate of drug-likeness (QED) is 0.399. The zero-order chi connectivity index (χ0) is 19.7. The molecule has 4 rings (SSSR count). The molecule has 0 saturated carbocycles. The summed E-state index contributed by atoms with van der Waals surface area (Å²) in [6.07, 6.45) is 2.40. The molecule has 0 bridgehead atoms. The van der Waals surface area contributed by atoms with Gasteiger partial charge in [0.25, 0.3) is 0 Å². The third kappa shape index (κ3) is 3.54. The number of hydrogen-bond donors (Lipinski definition) is 2. The van der Waals surface area contributed by atoms with Crippen LogP contribution in [-0.4, -0.2) is 51.4 Å². The van der Waals surface area contributed by atoms with Gasteiger partial charge in [-0.3, -0.25) is 0 Å². The second-order valence-corrected chi connectivity index (χ2v) is 11.1. The summed E-state index contributed by atoms with van der Waals surface area (Å²) in [5.41, 5.74) is 1.47. The fraction of sp³-hybridized carbons (Fsp3) is 0.250. The summed E-state index contributed by atoms with van der Waals surface area (Å²) in [7, 11) is 0. The normalized spacial score (nSPS) is 13.6. The molecule has 0 aliphatic carbocycles. The first-order valence-corrected chi connectivity index (χ1v) is 12.7. The molecule has 1 aliphatic rings. The SMILES string of the molecule is O=[C]1[Sn][c]2cccc(O)c2N=C1c1cccc2c(=O)n(CCCCCO)sc12. The summed E-state index contributed by atoms with van der Waals surface area (Å²) >= 11 is -0.219. The molecule has 0 fully saturated rings. The van der Waals surface area contributed by atoms with Gasteiger partial charge in [-0.1, -0.05) is 0 Å². The summed E-state index contributed by atoms with van der Waals surface area (Å²) in [6, 6.07) is 10.6. The molecule has 2 heterocycles. The molecule has 0 amide bonds. The molecule has 0 saturated heterocycles. The van der Waals surface area contributed by atoms with E-state index in [-0.39, 0.29) is 21.7 Å². The second kappa shape index (κ2) is 8.18. The predicted octanol–water partition coefficient (Wildman–Crippen LogP) is 1.92. The Morgan fingerprint density at radius 3 is 2.71 bits per heavy atom.